The lowest BCUT2D eigenvalue weighted by Crippen LogP contribution is -2.22. The van der Waals surface area contributed by atoms with E-state index in [0.29, 0.717) is 6.04 Å². The molecule has 2 rings (SSSR count). The van der Waals surface area contributed by atoms with Gasteiger partial charge >= 0.3 is 0 Å². The first-order chi connectivity index (χ1) is 9.10. The number of hydrogen-bond donors (Lipinski definition) is 1. The first-order valence-corrected chi connectivity index (χ1v) is 9.02. The minimum absolute atomic E-state index is 0.403. The summed E-state index contributed by atoms with van der Waals surface area (Å²) in [5.41, 5.74) is 2.71. The Hall–Kier alpha value is 0.0900. The van der Waals surface area contributed by atoms with Crippen LogP contribution in [0.5, 0.6) is 0 Å². The van der Waals surface area contributed by atoms with Crippen molar-refractivity contribution in [1.82, 2.24) is 5.32 Å². The molecule has 0 spiro atoms. The molecule has 2 aromatic rings. The van der Waals surface area contributed by atoms with Crippen molar-refractivity contribution in [3.05, 3.63) is 53.7 Å². The standard InChI is InChI=1S/C15H17BrINS/c1-3-18-13(14-8-10(2)15(16)19-14)9-11-4-6-12(17)7-5-11/h4-8,13,18H,3,9H2,1-2H3. The van der Waals surface area contributed by atoms with E-state index < -0.39 is 0 Å². The van der Waals surface area contributed by atoms with Gasteiger partial charge < -0.3 is 5.32 Å². The van der Waals surface area contributed by atoms with Crippen LogP contribution in [0.2, 0.25) is 0 Å². The third-order valence-corrected chi connectivity index (χ3v) is 5.99. The zero-order valence-corrected chi connectivity index (χ0v) is 15.6. The molecule has 1 atom stereocenters. The fourth-order valence-corrected chi connectivity index (χ4v) is 4.04. The van der Waals surface area contributed by atoms with E-state index >= 15 is 0 Å². The molecular weight excluding hydrogens is 433 g/mol. The Morgan fingerprint density at radius 2 is 2.00 bits per heavy atom. The van der Waals surface area contributed by atoms with Crippen LogP contribution in [0.4, 0.5) is 0 Å². The molecule has 0 bridgehead atoms. The molecule has 1 aromatic heterocycles. The number of nitrogens with one attached hydrogen (secondary N) is 1. The molecule has 1 aromatic carbocycles. The fourth-order valence-electron chi connectivity index (χ4n) is 2.03. The predicted octanol–water partition coefficient (Wildman–Crippen LogP) is 5.32. The third-order valence-electron chi connectivity index (χ3n) is 3.02. The molecule has 19 heavy (non-hydrogen) atoms. The minimum Gasteiger partial charge on any atom is -0.309 e. The van der Waals surface area contributed by atoms with Crippen LogP contribution in [0, 0.1) is 10.5 Å². The molecule has 0 aliphatic rings. The van der Waals surface area contributed by atoms with Crippen molar-refractivity contribution in [2.24, 2.45) is 0 Å². The summed E-state index contributed by atoms with van der Waals surface area (Å²) in [7, 11) is 0. The van der Waals surface area contributed by atoms with Gasteiger partial charge in [-0.3, -0.25) is 0 Å². The molecule has 0 saturated heterocycles. The van der Waals surface area contributed by atoms with E-state index in [0.717, 1.165) is 13.0 Å². The van der Waals surface area contributed by atoms with Crippen molar-refractivity contribution >= 4 is 49.9 Å². The Labute approximate surface area is 141 Å². The van der Waals surface area contributed by atoms with Crippen LogP contribution in [-0.4, -0.2) is 6.54 Å². The summed E-state index contributed by atoms with van der Waals surface area (Å²) in [6.45, 7) is 5.30. The molecule has 0 aliphatic heterocycles. The van der Waals surface area contributed by atoms with Gasteiger partial charge in [-0.1, -0.05) is 19.1 Å². The number of hydrogen-bond acceptors (Lipinski definition) is 2. The Morgan fingerprint density at radius 1 is 1.32 bits per heavy atom. The highest BCUT2D eigenvalue weighted by Gasteiger charge is 2.15. The molecule has 0 fully saturated rings. The van der Waals surface area contributed by atoms with Crippen LogP contribution in [0.3, 0.4) is 0 Å². The van der Waals surface area contributed by atoms with Gasteiger partial charge in [-0.15, -0.1) is 11.3 Å². The maximum atomic E-state index is 3.62. The molecule has 0 saturated carbocycles. The van der Waals surface area contributed by atoms with Gasteiger partial charge in [0.05, 0.1) is 3.79 Å². The van der Waals surface area contributed by atoms with Gasteiger partial charge in [0.25, 0.3) is 0 Å². The van der Waals surface area contributed by atoms with E-state index in [1.54, 1.807) is 0 Å². The van der Waals surface area contributed by atoms with E-state index in [-0.39, 0.29) is 0 Å². The highest BCUT2D eigenvalue weighted by atomic mass is 127. The van der Waals surface area contributed by atoms with Gasteiger partial charge in [0.15, 0.2) is 0 Å². The second-order valence-electron chi connectivity index (χ2n) is 4.55. The van der Waals surface area contributed by atoms with Crippen molar-refractivity contribution in [2.75, 3.05) is 6.54 Å². The summed E-state index contributed by atoms with van der Waals surface area (Å²) < 4.78 is 2.53. The number of aryl methyl sites for hydroxylation is 1. The van der Waals surface area contributed by atoms with E-state index in [2.05, 4.69) is 88.0 Å². The Bertz CT molecular complexity index is 516. The van der Waals surface area contributed by atoms with Crippen LogP contribution in [0.25, 0.3) is 0 Å². The van der Waals surface area contributed by atoms with E-state index in [9.17, 15) is 0 Å². The number of likely N-dealkylation sites (N-methyl/N-ethyl adjacent to an activating group) is 1. The van der Waals surface area contributed by atoms with E-state index in [1.807, 2.05) is 11.3 Å². The number of rotatable bonds is 5. The molecule has 1 nitrogen and oxygen atoms in total. The summed E-state index contributed by atoms with van der Waals surface area (Å²) in [4.78, 5) is 1.41. The van der Waals surface area contributed by atoms with Gasteiger partial charge in [0.2, 0.25) is 0 Å². The quantitative estimate of drug-likeness (QED) is 0.609. The molecule has 0 amide bonds. The van der Waals surface area contributed by atoms with Gasteiger partial charge in [0, 0.05) is 14.5 Å². The zero-order chi connectivity index (χ0) is 13.8. The lowest BCUT2D eigenvalue weighted by Gasteiger charge is -2.16. The van der Waals surface area contributed by atoms with Crippen LogP contribution >= 0.6 is 49.9 Å². The van der Waals surface area contributed by atoms with Crippen LogP contribution in [-0.2, 0) is 6.42 Å². The highest BCUT2D eigenvalue weighted by Crippen LogP contribution is 2.32. The molecule has 1 unspecified atom stereocenters. The van der Waals surface area contributed by atoms with Crippen molar-refractivity contribution in [3.8, 4) is 0 Å². The molecule has 4 heteroatoms. The Kier molecular flexibility index (Phi) is 5.87. The molecule has 102 valence electrons. The van der Waals surface area contributed by atoms with Crippen molar-refractivity contribution in [2.45, 2.75) is 26.3 Å². The van der Waals surface area contributed by atoms with Gasteiger partial charge in [0.1, 0.15) is 0 Å². The van der Waals surface area contributed by atoms with Crippen LogP contribution in [0.15, 0.2) is 34.1 Å². The SMILES string of the molecule is CCNC(Cc1ccc(I)cc1)c1cc(C)c(Br)s1. The number of benzene rings is 1. The molecule has 1 N–H and O–H groups in total. The summed E-state index contributed by atoms with van der Waals surface area (Å²) in [6.07, 6.45) is 1.04. The summed E-state index contributed by atoms with van der Waals surface area (Å²) in [6, 6.07) is 11.5. The summed E-state index contributed by atoms with van der Waals surface area (Å²) in [5.74, 6) is 0. The topological polar surface area (TPSA) is 12.0 Å². The second-order valence-corrected chi connectivity index (χ2v) is 8.19. The molecule has 0 aliphatic carbocycles. The van der Waals surface area contributed by atoms with Crippen molar-refractivity contribution in [1.29, 1.82) is 0 Å². The highest BCUT2D eigenvalue weighted by molar-refractivity contribution is 14.1. The monoisotopic (exact) mass is 449 g/mol. The maximum Gasteiger partial charge on any atom is 0.0731 e. The largest absolute Gasteiger partial charge is 0.309 e. The normalized spacial score (nSPS) is 12.6. The number of thiophene rings is 1. The van der Waals surface area contributed by atoms with Crippen LogP contribution < -0.4 is 5.32 Å². The van der Waals surface area contributed by atoms with Gasteiger partial charge in [-0.05, 0) is 87.7 Å². The molecular formula is C15H17BrINS. The summed E-state index contributed by atoms with van der Waals surface area (Å²) in [5, 5.41) is 3.59. The van der Waals surface area contributed by atoms with E-state index in [1.165, 1.54) is 23.4 Å². The molecule has 0 radical (unpaired) electrons. The predicted molar refractivity (Wildman–Crippen MR) is 96.0 cm³/mol. The Morgan fingerprint density at radius 3 is 2.53 bits per heavy atom. The Balaban J connectivity index is 2.18. The lowest BCUT2D eigenvalue weighted by atomic mass is 10.0. The van der Waals surface area contributed by atoms with Crippen LogP contribution in [0.1, 0.15) is 29.0 Å². The first-order valence-electron chi connectivity index (χ1n) is 6.33. The first kappa shape index (κ1) is 15.5. The van der Waals surface area contributed by atoms with E-state index in [4.69, 9.17) is 0 Å². The minimum atomic E-state index is 0.403. The average molecular weight is 450 g/mol. The maximum absolute atomic E-state index is 3.62. The summed E-state index contributed by atoms with van der Waals surface area (Å²) >= 11 is 7.80. The fraction of sp³-hybridized carbons (Fsp3) is 0.333. The smallest absolute Gasteiger partial charge is 0.0731 e. The zero-order valence-electron chi connectivity index (χ0n) is 11.0. The second kappa shape index (κ2) is 7.20. The average Bonchev–Trinajstić information content (AvgIpc) is 2.72. The van der Waals surface area contributed by atoms with Gasteiger partial charge in [-0.25, -0.2) is 0 Å². The van der Waals surface area contributed by atoms with Crippen molar-refractivity contribution < 1.29 is 0 Å². The number of halogens is 2. The third kappa shape index (κ3) is 4.28. The van der Waals surface area contributed by atoms with Gasteiger partial charge in [-0.2, -0.15) is 0 Å². The molecule has 1 heterocycles. The van der Waals surface area contributed by atoms with Crippen molar-refractivity contribution in [3.63, 3.8) is 0 Å². The lowest BCUT2D eigenvalue weighted by molar-refractivity contribution is 0.558.